The molecule has 2 rings (SSSR count). The summed E-state index contributed by atoms with van der Waals surface area (Å²) in [7, 11) is 1.69. The molecule has 1 aliphatic rings. The number of Topliss-reactive ketones (excluding diaryl/α,β-unsaturated/α-hetero) is 1. The van der Waals surface area contributed by atoms with E-state index in [-0.39, 0.29) is 17.9 Å². The van der Waals surface area contributed by atoms with E-state index in [1.807, 2.05) is 17.5 Å². The number of hydrogen-bond acceptors (Lipinski definition) is 4. The second kappa shape index (κ2) is 4.88. The summed E-state index contributed by atoms with van der Waals surface area (Å²) in [6.45, 7) is 0.789. The van der Waals surface area contributed by atoms with Gasteiger partial charge in [-0.1, -0.05) is 6.07 Å². The molecule has 3 nitrogen and oxygen atoms in total. The predicted octanol–water partition coefficient (Wildman–Crippen LogP) is 1.24. The Labute approximate surface area is 93.4 Å². The summed E-state index contributed by atoms with van der Waals surface area (Å²) < 4.78 is 5.21. The molecule has 1 aromatic heterocycles. The van der Waals surface area contributed by atoms with E-state index in [9.17, 15) is 4.79 Å². The average Bonchev–Trinajstić information content (AvgIpc) is 2.86. The molecule has 0 amide bonds. The molecule has 0 aromatic carbocycles. The first-order valence-corrected chi connectivity index (χ1v) is 5.99. The average molecular weight is 225 g/mol. The van der Waals surface area contributed by atoms with E-state index >= 15 is 0 Å². The first-order valence-electron chi connectivity index (χ1n) is 5.11. The molecule has 82 valence electrons. The van der Waals surface area contributed by atoms with Crippen molar-refractivity contribution in [3.8, 4) is 0 Å². The summed E-state index contributed by atoms with van der Waals surface area (Å²) >= 11 is 1.64. The predicted molar refractivity (Wildman–Crippen MR) is 60.2 cm³/mol. The summed E-state index contributed by atoms with van der Waals surface area (Å²) in [6, 6.07) is 3.97. The van der Waals surface area contributed by atoms with Gasteiger partial charge in [-0.2, -0.15) is 0 Å². The summed E-state index contributed by atoms with van der Waals surface area (Å²) in [5, 5.41) is 5.20. The number of nitrogens with one attached hydrogen (secondary N) is 1. The molecule has 4 heteroatoms. The number of ether oxygens (including phenoxy) is 1. The van der Waals surface area contributed by atoms with Crippen molar-refractivity contribution in [3.05, 3.63) is 22.4 Å². The van der Waals surface area contributed by atoms with Gasteiger partial charge in [-0.05, 0) is 17.9 Å². The molecule has 1 aromatic rings. The fourth-order valence-corrected chi connectivity index (χ4v) is 2.55. The molecule has 2 heterocycles. The van der Waals surface area contributed by atoms with Crippen LogP contribution in [0.5, 0.6) is 0 Å². The summed E-state index contributed by atoms with van der Waals surface area (Å²) in [5.74, 6) is 0.275. The standard InChI is InChI=1S/C11H15NO2S/c1-14-8-5-10(12-7-8)11(13)6-9-3-2-4-15-9/h2-4,8,10,12H,5-7H2,1H3. The van der Waals surface area contributed by atoms with Crippen LogP contribution in [0.1, 0.15) is 11.3 Å². The number of rotatable bonds is 4. The normalized spacial score (nSPS) is 25.7. The molecule has 1 aliphatic heterocycles. The minimum atomic E-state index is -0.0166. The third-order valence-corrected chi connectivity index (χ3v) is 3.62. The topological polar surface area (TPSA) is 38.3 Å². The van der Waals surface area contributed by atoms with Crippen molar-refractivity contribution in [1.82, 2.24) is 5.32 Å². The maximum absolute atomic E-state index is 11.9. The van der Waals surface area contributed by atoms with Crippen molar-refractivity contribution in [2.45, 2.75) is 25.0 Å². The lowest BCUT2D eigenvalue weighted by atomic mass is 10.1. The molecule has 0 aliphatic carbocycles. The van der Waals surface area contributed by atoms with Gasteiger partial charge >= 0.3 is 0 Å². The van der Waals surface area contributed by atoms with Crippen LogP contribution in [0.2, 0.25) is 0 Å². The van der Waals surface area contributed by atoms with Crippen LogP contribution in [0.25, 0.3) is 0 Å². The van der Waals surface area contributed by atoms with Gasteiger partial charge in [-0.15, -0.1) is 11.3 Å². The Balaban J connectivity index is 1.87. The van der Waals surface area contributed by atoms with Crippen LogP contribution in [-0.2, 0) is 16.0 Å². The zero-order chi connectivity index (χ0) is 10.7. The third kappa shape index (κ3) is 2.65. The number of thiophene rings is 1. The highest BCUT2D eigenvalue weighted by Crippen LogP contribution is 2.15. The molecule has 15 heavy (non-hydrogen) atoms. The van der Waals surface area contributed by atoms with Crippen LogP contribution in [0.15, 0.2) is 17.5 Å². The summed E-state index contributed by atoms with van der Waals surface area (Å²) in [6.07, 6.45) is 1.55. The quantitative estimate of drug-likeness (QED) is 0.837. The number of ketones is 1. The van der Waals surface area contributed by atoms with Gasteiger partial charge < -0.3 is 10.1 Å². The van der Waals surface area contributed by atoms with Crippen molar-refractivity contribution in [2.24, 2.45) is 0 Å². The Morgan fingerprint density at radius 1 is 1.73 bits per heavy atom. The minimum absolute atomic E-state index is 0.0166. The SMILES string of the molecule is COC1CNC(C(=O)Cc2cccs2)C1. The Kier molecular flexibility index (Phi) is 3.51. The van der Waals surface area contributed by atoms with Crippen LogP contribution in [-0.4, -0.2) is 31.6 Å². The highest BCUT2D eigenvalue weighted by molar-refractivity contribution is 7.10. The molecule has 0 saturated carbocycles. The highest BCUT2D eigenvalue weighted by atomic mass is 32.1. The van der Waals surface area contributed by atoms with Gasteiger partial charge in [-0.25, -0.2) is 0 Å². The Morgan fingerprint density at radius 2 is 2.60 bits per heavy atom. The van der Waals surface area contributed by atoms with Crippen LogP contribution in [0, 0.1) is 0 Å². The van der Waals surface area contributed by atoms with Gasteiger partial charge in [-0.3, -0.25) is 4.79 Å². The van der Waals surface area contributed by atoms with Gasteiger partial charge in [0.1, 0.15) is 0 Å². The fraction of sp³-hybridized carbons (Fsp3) is 0.545. The number of hydrogen-bond donors (Lipinski definition) is 1. The molecule has 1 N–H and O–H groups in total. The Hall–Kier alpha value is -0.710. The number of carbonyl (C=O) groups excluding carboxylic acids is 1. The van der Waals surface area contributed by atoms with E-state index in [1.54, 1.807) is 18.4 Å². The molecule has 0 spiro atoms. The zero-order valence-electron chi connectivity index (χ0n) is 8.73. The first kappa shape index (κ1) is 10.8. The van der Waals surface area contributed by atoms with E-state index in [0.29, 0.717) is 6.42 Å². The molecule has 1 saturated heterocycles. The summed E-state index contributed by atoms with van der Waals surface area (Å²) in [5.41, 5.74) is 0. The van der Waals surface area contributed by atoms with Crippen LogP contribution in [0.3, 0.4) is 0 Å². The highest BCUT2D eigenvalue weighted by Gasteiger charge is 2.28. The van der Waals surface area contributed by atoms with Crippen LogP contribution in [0.4, 0.5) is 0 Å². The lowest BCUT2D eigenvalue weighted by molar-refractivity contribution is -0.120. The molecular formula is C11H15NO2S. The van der Waals surface area contributed by atoms with Crippen molar-refractivity contribution < 1.29 is 9.53 Å². The van der Waals surface area contributed by atoms with Gasteiger partial charge in [0.25, 0.3) is 0 Å². The largest absolute Gasteiger partial charge is 0.380 e. The van der Waals surface area contributed by atoms with Crippen molar-refractivity contribution in [2.75, 3.05) is 13.7 Å². The Bertz CT molecular complexity index is 323. The van der Waals surface area contributed by atoms with Crippen LogP contribution < -0.4 is 5.32 Å². The minimum Gasteiger partial charge on any atom is -0.380 e. The smallest absolute Gasteiger partial charge is 0.155 e. The van der Waals surface area contributed by atoms with Crippen LogP contribution >= 0.6 is 11.3 Å². The van der Waals surface area contributed by atoms with Crippen molar-refractivity contribution in [3.63, 3.8) is 0 Å². The monoisotopic (exact) mass is 225 g/mol. The van der Waals surface area contributed by atoms with Gasteiger partial charge in [0.15, 0.2) is 5.78 Å². The number of carbonyl (C=O) groups is 1. The van der Waals surface area contributed by atoms with Gasteiger partial charge in [0.2, 0.25) is 0 Å². The first-order chi connectivity index (χ1) is 7.29. The maximum atomic E-state index is 11.9. The van der Waals surface area contributed by atoms with Crippen molar-refractivity contribution in [1.29, 1.82) is 0 Å². The Morgan fingerprint density at radius 3 is 3.20 bits per heavy atom. The zero-order valence-corrected chi connectivity index (χ0v) is 9.55. The van der Waals surface area contributed by atoms with E-state index in [0.717, 1.165) is 17.8 Å². The van der Waals surface area contributed by atoms with Gasteiger partial charge in [0.05, 0.1) is 12.1 Å². The molecule has 0 bridgehead atoms. The molecule has 2 unspecified atom stereocenters. The molecule has 2 atom stereocenters. The van der Waals surface area contributed by atoms with E-state index in [1.165, 1.54) is 0 Å². The van der Waals surface area contributed by atoms with Gasteiger partial charge in [0, 0.05) is 25.0 Å². The maximum Gasteiger partial charge on any atom is 0.155 e. The summed E-state index contributed by atoms with van der Waals surface area (Å²) in [4.78, 5) is 13.0. The molecule has 1 fully saturated rings. The fourth-order valence-electron chi connectivity index (χ4n) is 1.84. The van der Waals surface area contributed by atoms with E-state index in [4.69, 9.17) is 4.74 Å². The lowest BCUT2D eigenvalue weighted by Gasteiger charge is -2.07. The van der Waals surface area contributed by atoms with Crippen molar-refractivity contribution >= 4 is 17.1 Å². The lowest BCUT2D eigenvalue weighted by Crippen LogP contribution is -2.31. The molecule has 0 radical (unpaired) electrons. The third-order valence-electron chi connectivity index (χ3n) is 2.74. The number of methoxy groups -OCH3 is 1. The van der Waals surface area contributed by atoms with E-state index < -0.39 is 0 Å². The molecular weight excluding hydrogens is 210 g/mol. The second-order valence-corrected chi connectivity index (χ2v) is 4.81. The second-order valence-electron chi connectivity index (χ2n) is 3.78. The van der Waals surface area contributed by atoms with E-state index in [2.05, 4.69) is 5.32 Å².